The lowest BCUT2D eigenvalue weighted by Crippen LogP contribution is -2.33. The molecule has 0 saturated carbocycles. The average molecular weight is 291 g/mol. The van der Waals surface area contributed by atoms with Gasteiger partial charge >= 0.3 is 0 Å². The molecule has 0 unspecified atom stereocenters. The van der Waals surface area contributed by atoms with Crippen LogP contribution in [0.5, 0.6) is 5.75 Å². The number of anilines is 2. The summed E-state index contributed by atoms with van der Waals surface area (Å²) >= 11 is 0. The maximum atomic E-state index is 11.4. The van der Waals surface area contributed by atoms with Gasteiger partial charge in [0.15, 0.2) is 12.4 Å². The summed E-state index contributed by atoms with van der Waals surface area (Å²) in [7, 11) is 0. The monoisotopic (exact) mass is 291 g/mol. The Bertz CT molecular complexity index is 594. The summed E-state index contributed by atoms with van der Waals surface area (Å²) in [6.07, 6.45) is 2.02. The first-order valence-electron chi connectivity index (χ1n) is 7.04. The zero-order valence-electron chi connectivity index (χ0n) is 11.8. The van der Waals surface area contributed by atoms with E-state index < -0.39 is 4.92 Å². The van der Waals surface area contributed by atoms with Gasteiger partial charge in [0.05, 0.1) is 16.7 Å². The van der Waals surface area contributed by atoms with E-state index in [0.29, 0.717) is 23.0 Å². The minimum atomic E-state index is -0.395. The number of amides is 1. The molecule has 2 aliphatic rings. The third kappa shape index (κ3) is 2.63. The fourth-order valence-electron chi connectivity index (χ4n) is 2.75. The van der Waals surface area contributed by atoms with Crippen molar-refractivity contribution in [3.8, 4) is 5.75 Å². The Morgan fingerprint density at radius 2 is 2.10 bits per heavy atom. The van der Waals surface area contributed by atoms with Crippen LogP contribution in [0.25, 0.3) is 0 Å². The molecular formula is C14H17N3O4. The van der Waals surface area contributed by atoms with Crippen molar-refractivity contribution >= 4 is 23.0 Å². The number of carbonyl (C=O) groups is 1. The van der Waals surface area contributed by atoms with E-state index >= 15 is 0 Å². The number of carbonyl (C=O) groups excluding carboxylic acids is 1. The highest BCUT2D eigenvalue weighted by Gasteiger charge is 2.28. The maximum Gasteiger partial charge on any atom is 0.296 e. The van der Waals surface area contributed by atoms with Crippen molar-refractivity contribution in [2.24, 2.45) is 5.92 Å². The first-order chi connectivity index (χ1) is 10.0. The molecule has 2 heterocycles. The minimum absolute atomic E-state index is 0.0273. The highest BCUT2D eigenvalue weighted by atomic mass is 16.6. The molecule has 1 fully saturated rings. The largest absolute Gasteiger partial charge is 0.481 e. The third-order valence-electron chi connectivity index (χ3n) is 4.03. The van der Waals surface area contributed by atoms with Gasteiger partial charge in [0.25, 0.3) is 11.6 Å². The second kappa shape index (κ2) is 5.23. The Morgan fingerprint density at radius 3 is 2.76 bits per heavy atom. The Kier molecular flexibility index (Phi) is 3.40. The summed E-state index contributed by atoms with van der Waals surface area (Å²) in [6.45, 7) is 3.66. The molecule has 0 aromatic heterocycles. The van der Waals surface area contributed by atoms with Gasteiger partial charge in [-0.1, -0.05) is 6.92 Å². The standard InChI is InChI=1S/C14H17N3O4/c1-9-2-4-16(5-3-9)11-6-10-13(7-12(11)17(19)20)21-8-14(18)15-10/h6-7,9H,2-5,8H2,1H3,(H,15,18). The van der Waals surface area contributed by atoms with Crippen LogP contribution in [-0.4, -0.2) is 30.5 Å². The predicted octanol–water partition coefficient (Wildman–Crippen LogP) is 2.16. The van der Waals surface area contributed by atoms with Crippen LogP contribution >= 0.6 is 0 Å². The Balaban J connectivity index is 1.99. The minimum Gasteiger partial charge on any atom is -0.481 e. The summed E-state index contributed by atoms with van der Waals surface area (Å²) in [5.41, 5.74) is 1.08. The van der Waals surface area contributed by atoms with Crippen molar-refractivity contribution in [1.82, 2.24) is 0 Å². The molecule has 0 aliphatic carbocycles. The topological polar surface area (TPSA) is 84.7 Å². The summed E-state index contributed by atoms with van der Waals surface area (Å²) in [6, 6.07) is 3.06. The van der Waals surface area contributed by atoms with Gasteiger partial charge in [-0.25, -0.2) is 0 Å². The third-order valence-corrected chi connectivity index (χ3v) is 4.03. The first-order valence-corrected chi connectivity index (χ1v) is 7.04. The number of nitrogens with zero attached hydrogens (tertiary/aromatic N) is 2. The fraction of sp³-hybridized carbons (Fsp3) is 0.500. The molecule has 21 heavy (non-hydrogen) atoms. The summed E-state index contributed by atoms with van der Waals surface area (Å²) in [5, 5.41) is 14.0. The molecule has 1 saturated heterocycles. The van der Waals surface area contributed by atoms with Crippen molar-refractivity contribution < 1.29 is 14.5 Å². The van der Waals surface area contributed by atoms with Gasteiger partial charge in [-0.2, -0.15) is 0 Å². The molecule has 112 valence electrons. The Labute approximate surface area is 122 Å². The van der Waals surface area contributed by atoms with Crippen molar-refractivity contribution in [2.45, 2.75) is 19.8 Å². The number of fused-ring (bicyclic) bond motifs is 1. The number of rotatable bonds is 2. The van der Waals surface area contributed by atoms with Gasteiger partial charge in [-0.15, -0.1) is 0 Å². The van der Waals surface area contributed by atoms with Gasteiger partial charge < -0.3 is 15.0 Å². The number of nitro groups is 1. The fourth-order valence-corrected chi connectivity index (χ4v) is 2.75. The summed E-state index contributed by atoms with van der Waals surface area (Å²) < 4.78 is 5.25. The van der Waals surface area contributed by atoms with Crippen molar-refractivity contribution in [1.29, 1.82) is 0 Å². The maximum absolute atomic E-state index is 11.4. The molecule has 1 amide bonds. The zero-order valence-corrected chi connectivity index (χ0v) is 11.8. The van der Waals surface area contributed by atoms with Crippen LogP contribution in [0.4, 0.5) is 17.1 Å². The number of ether oxygens (including phenoxy) is 1. The van der Waals surface area contributed by atoms with Crippen LogP contribution in [0.15, 0.2) is 12.1 Å². The molecule has 0 atom stereocenters. The molecule has 0 radical (unpaired) electrons. The van der Waals surface area contributed by atoms with E-state index in [1.807, 2.05) is 4.90 Å². The van der Waals surface area contributed by atoms with Gasteiger partial charge in [-0.05, 0) is 24.8 Å². The van der Waals surface area contributed by atoms with Crippen LogP contribution in [-0.2, 0) is 4.79 Å². The molecule has 0 bridgehead atoms. The molecule has 2 aliphatic heterocycles. The van der Waals surface area contributed by atoms with Gasteiger partial charge in [-0.3, -0.25) is 14.9 Å². The van der Waals surface area contributed by atoms with Crippen LogP contribution < -0.4 is 15.0 Å². The summed E-state index contributed by atoms with van der Waals surface area (Å²) in [5.74, 6) is 0.756. The average Bonchev–Trinajstić information content (AvgIpc) is 2.46. The highest BCUT2D eigenvalue weighted by molar-refractivity contribution is 5.96. The molecule has 7 heteroatoms. The van der Waals surface area contributed by atoms with E-state index in [9.17, 15) is 14.9 Å². The molecular weight excluding hydrogens is 274 g/mol. The van der Waals surface area contributed by atoms with Crippen LogP contribution in [0, 0.1) is 16.0 Å². The molecule has 0 spiro atoms. The molecule has 3 rings (SSSR count). The number of nitro benzene ring substituents is 1. The Morgan fingerprint density at radius 1 is 1.38 bits per heavy atom. The lowest BCUT2D eigenvalue weighted by Gasteiger charge is -2.32. The van der Waals surface area contributed by atoms with E-state index in [2.05, 4.69) is 12.2 Å². The molecule has 1 aromatic carbocycles. The summed E-state index contributed by atoms with van der Waals surface area (Å²) in [4.78, 5) is 24.3. The van der Waals surface area contributed by atoms with E-state index in [4.69, 9.17) is 4.74 Å². The second-order valence-electron chi connectivity index (χ2n) is 5.60. The first kappa shape index (κ1) is 13.7. The molecule has 1 aromatic rings. The predicted molar refractivity (Wildman–Crippen MR) is 77.8 cm³/mol. The van der Waals surface area contributed by atoms with Crippen molar-refractivity contribution in [3.63, 3.8) is 0 Å². The quantitative estimate of drug-likeness (QED) is 0.666. The zero-order chi connectivity index (χ0) is 15.0. The second-order valence-corrected chi connectivity index (χ2v) is 5.60. The van der Waals surface area contributed by atoms with E-state index in [1.165, 1.54) is 6.07 Å². The van der Waals surface area contributed by atoms with E-state index in [1.54, 1.807) is 6.07 Å². The van der Waals surface area contributed by atoms with Gasteiger partial charge in [0, 0.05) is 13.1 Å². The van der Waals surface area contributed by atoms with Gasteiger partial charge in [0.1, 0.15) is 5.69 Å². The number of hydrogen-bond donors (Lipinski definition) is 1. The smallest absolute Gasteiger partial charge is 0.296 e. The van der Waals surface area contributed by atoms with Crippen LogP contribution in [0.1, 0.15) is 19.8 Å². The lowest BCUT2D eigenvalue weighted by molar-refractivity contribution is -0.384. The van der Waals surface area contributed by atoms with Crippen LogP contribution in [0.3, 0.4) is 0 Å². The lowest BCUT2D eigenvalue weighted by atomic mass is 9.98. The number of piperidine rings is 1. The number of nitrogens with one attached hydrogen (secondary N) is 1. The normalized spacial score (nSPS) is 18.7. The van der Waals surface area contributed by atoms with E-state index in [-0.39, 0.29) is 18.2 Å². The number of benzene rings is 1. The van der Waals surface area contributed by atoms with Gasteiger partial charge in [0.2, 0.25) is 0 Å². The molecule has 1 N–H and O–H groups in total. The number of hydrogen-bond acceptors (Lipinski definition) is 5. The van der Waals surface area contributed by atoms with Crippen LogP contribution in [0.2, 0.25) is 0 Å². The van der Waals surface area contributed by atoms with Crippen molar-refractivity contribution in [3.05, 3.63) is 22.2 Å². The van der Waals surface area contributed by atoms with Crippen molar-refractivity contribution in [2.75, 3.05) is 29.9 Å². The SMILES string of the molecule is CC1CCN(c2cc3c(cc2[N+](=O)[O-])OCC(=O)N3)CC1. The highest BCUT2D eigenvalue weighted by Crippen LogP contribution is 2.40. The Hall–Kier alpha value is -2.31. The van der Waals surface area contributed by atoms with E-state index in [0.717, 1.165) is 25.9 Å². The molecule has 7 nitrogen and oxygen atoms in total.